The minimum atomic E-state index is -3.36. The zero-order valence-electron chi connectivity index (χ0n) is 9.40. The Kier molecular flexibility index (Phi) is 7.86. The smallest absolute Gasteiger partial charge is 0.241 e. The van der Waals surface area contributed by atoms with E-state index in [-0.39, 0.29) is 12.4 Å². The molecule has 0 amide bonds. The number of hydrogen-bond acceptors (Lipinski definition) is 4. The van der Waals surface area contributed by atoms with E-state index in [4.69, 9.17) is 5.73 Å². The summed E-state index contributed by atoms with van der Waals surface area (Å²) >= 11 is 4.70. The summed E-state index contributed by atoms with van der Waals surface area (Å²) in [6, 6.07) is 1.63. The van der Waals surface area contributed by atoms with Crippen molar-refractivity contribution >= 4 is 49.7 Å². The fourth-order valence-electron chi connectivity index (χ4n) is 1.25. The van der Waals surface area contributed by atoms with E-state index in [1.807, 2.05) is 0 Å². The van der Waals surface area contributed by atoms with E-state index in [0.29, 0.717) is 18.0 Å². The molecule has 0 aromatic carbocycles. The third-order valence-electron chi connectivity index (χ3n) is 2.05. The highest BCUT2D eigenvalue weighted by molar-refractivity contribution is 9.11. The number of sulfonamides is 1. The highest BCUT2D eigenvalue weighted by atomic mass is 79.9. The molecule has 0 bridgehead atoms. The lowest BCUT2D eigenvalue weighted by Crippen LogP contribution is -2.25. The van der Waals surface area contributed by atoms with Crippen LogP contribution in [0.1, 0.15) is 17.7 Å². The maximum Gasteiger partial charge on any atom is 0.241 e. The number of hydrogen-bond donors (Lipinski definition) is 2. The lowest BCUT2D eigenvalue weighted by molar-refractivity contribution is 0.577. The minimum Gasteiger partial charge on any atom is -0.330 e. The van der Waals surface area contributed by atoms with Crippen molar-refractivity contribution in [1.82, 2.24) is 4.72 Å². The standard InChI is InChI=1S/C9H15BrN2O2S2.ClH/c1-7-8(6-9(10)15-7)16(13,14)12-5-3-2-4-11;/h6,12H,2-5,11H2,1H3;1H. The van der Waals surface area contributed by atoms with Gasteiger partial charge in [-0.15, -0.1) is 23.7 Å². The van der Waals surface area contributed by atoms with Crippen LogP contribution in [-0.4, -0.2) is 21.5 Å². The highest BCUT2D eigenvalue weighted by Crippen LogP contribution is 2.29. The molecule has 0 saturated carbocycles. The topological polar surface area (TPSA) is 72.2 Å². The average molecular weight is 364 g/mol. The van der Waals surface area contributed by atoms with Gasteiger partial charge in [0.1, 0.15) is 0 Å². The van der Waals surface area contributed by atoms with Crippen LogP contribution in [-0.2, 0) is 10.0 Å². The fourth-order valence-corrected chi connectivity index (χ4v) is 4.74. The van der Waals surface area contributed by atoms with Crippen molar-refractivity contribution in [2.75, 3.05) is 13.1 Å². The molecule has 0 saturated heterocycles. The van der Waals surface area contributed by atoms with Gasteiger partial charge in [0.2, 0.25) is 10.0 Å². The summed E-state index contributed by atoms with van der Waals surface area (Å²) in [5, 5.41) is 0. The van der Waals surface area contributed by atoms with Gasteiger partial charge in [-0.05, 0) is 48.3 Å². The molecule has 1 heterocycles. The Balaban J connectivity index is 0.00000256. The molecule has 1 aromatic rings. The lowest BCUT2D eigenvalue weighted by atomic mass is 10.3. The van der Waals surface area contributed by atoms with Crippen molar-refractivity contribution in [2.45, 2.75) is 24.7 Å². The summed E-state index contributed by atoms with van der Waals surface area (Å²) in [4.78, 5) is 1.15. The van der Waals surface area contributed by atoms with Gasteiger partial charge in [-0.25, -0.2) is 13.1 Å². The van der Waals surface area contributed by atoms with Crippen LogP contribution < -0.4 is 10.5 Å². The zero-order valence-corrected chi connectivity index (χ0v) is 13.4. The van der Waals surface area contributed by atoms with Crippen molar-refractivity contribution in [1.29, 1.82) is 0 Å². The molecule has 8 heteroatoms. The van der Waals surface area contributed by atoms with E-state index in [9.17, 15) is 8.42 Å². The Bertz CT molecular complexity index is 448. The van der Waals surface area contributed by atoms with Crippen LogP contribution in [0.2, 0.25) is 0 Å². The largest absolute Gasteiger partial charge is 0.330 e. The van der Waals surface area contributed by atoms with Crippen molar-refractivity contribution in [3.63, 3.8) is 0 Å². The van der Waals surface area contributed by atoms with Crippen molar-refractivity contribution in [3.05, 3.63) is 14.7 Å². The average Bonchev–Trinajstić information content (AvgIpc) is 2.53. The van der Waals surface area contributed by atoms with Crippen LogP contribution in [0.5, 0.6) is 0 Å². The summed E-state index contributed by atoms with van der Waals surface area (Å²) in [6.45, 7) is 2.82. The monoisotopic (exact) mass is 362 g/mol. The number of halogens is 2. The first-order chi connectivity index (χ1) is 7.47. The summed E-state index contributed by atoms with van der Waals surface area (Å²) in [5.41, 5.74) is 5.34. The third kappa shape index (κ3) is 5.23. The van der Waals surface area contributed by atoms with Gasteiger partial charge in [-0.2, -0.15) is 0 Å². The lowest BCUT2D eigenvalue weighted by Gasteiger charge is -2.05. The molecule has 0 fully saturated rings. The molecular formula is C9H16BrClN2O2S2. The molecular weight excluding hydrogens is 348 g/mol. The maximum absolute atomic E-state index is 11.9. The second kappa shape index (κ2) is 7.70. The number of unbranched alkanes of at least 4 members (excludes halogenated alkanes) is 1. The Hall–Kier alpha value is 0.340. The Morgan fingerprint density at radius 2 is 2.12 bits per heavy atom. The van der Waals surface area contributed by atoms with E-state index in [2.05, 4.69) is 20.7 Å². The molecule has 0 radical (unpaired) electrons. The van der Waals surface area contributed by atoms with Gasteiger partial charge in [0.15, 0.2) is 0 Å². The molecule has 0 spiro atoms. The maximum atomic E-state index is 11.9. The minimum absolute atomic E-state index is 0. The molecule has 0 aliphatic carbocycles. The zero-order chi connectivity index (χ0) is 12.2. The Morgan fingerprint density at radius 3 is 2.59 bits per heavy atom. The fraction of sp³-hybridized carbons (Fsp3) is 0.556. The van der Waals surface area contributed by atoms with Crippen LogP contribution in [0.25, 0.3) is 0 Å². The van der Waals surface area contributed by atoms with E-state index in [1.54, 1.807) is 13.0 Å². The summed E-state index contributed by atoms with van der Waals surface area (Å²) in [6.07, 6.45) is 1.59. The number of thiophene rings is 1. The van der Waals surface area contributed by atoms with Gasteiger partial charge in [-0.1, -0.05) is 0 Å². The molecule has 4 nitrogen and oxygen atoms in total. The highest BCUT2D eigenvalue weighted by Gasteiger charge is 2.18. The van der Waals surface area contributed by atoms with E-state index in [1.165, 1.54) is 11.3 Å². The number of rotatable bonds is 6. The summed E-state index contributed by atoms with van der Waals surface area (Å²) < 4.78 is 27.1. The van der Waals surface area contributed by atoms with E-state index < -0.39 is 10.0 Å². The van der Waals surface area contributed by atoms with Gasteiger partial charge in [0, 0.05) is 11.4 Å². The molecule has 17 heavy (non-hydrogen) atoms. The van der Waals surface area contributed by atoms with Gasteiger partial charge in [0.25, 0.3) is 0 Å². The predicted molar refractivity (Wildman–Crippen MR) is 77.5 cm³/mol. The van der Waals surface area contributed by atoms with E-state index in [0.717, 1.165) is 21.5 Å². The van der Waals surface area contributed by atoms with Gasteiger partial charge >= 0.3 is 0 Å². The second-order valence-corrected chi connectivity index (χ2v) is 7.74. The van der Waals surface area contributed by atoms with Crippen LogP contribution in [0, 0.1) is 6.92 Å². The number of nitrogens with one attached hydrogen (secondary N) is 1. The Labute approximate surface area is 121 Å². The van der Waals surface area contributed by atoms with Crippen LogP contribution in [0.3, 0.4) is 0 Å². The molecule has 0 aliphatic rings. The summed E-state index contributed by atoms with van der Waals surface area (Å²) in [7, 11) is -3.36. The first-order valence-electron chi connectivity index (χ1n) is 4.93. The Morgan fingerprint density at radius 1 is 1.47 bits per heavy atom. The number of nitrogens with two attached hydrogens (primary N) is 1. The first kappa shape index (κ1) is 17.3. The van der Waals surface area contributed by atoms with Crippen LogP contribution >= 0.6 is 39.7 Å². The quantitative estimate of drug-likeness (QED) is 0.761. The van der Waals surface area contributed by atoms with Gasteiger partial charge < -0.3 is 5.73 Å². The van der Waals surface area contributed by atoms with Crippen LogP contribution in [0.15, 0.2) is 14.7 Å². The normalized spacial score (nSPS) is 11.2. The molecule has 0 unspecified atom stereocenters. The molecule has 100 valence electrons. The molecule has 0 aliphatic heterocycles. The first-order valence-corrected chi connectivity index (χ1v) is 8.02. The van der Waals surface area contributed by atoms with E-state index >= 15 is 0 Å². The molecule has 3 N–H and O–H groups in total. The molecule has 1 aromatic heterocycles. The van der Waals surface area contributed by atoms with Gasteiger partial charge in [-0.3, -0.25) is 0 Å². The second-order valence-electron chi connectivity index (χ2n) is 3.36. The third-order valence-corrected chi connectivity index (χ3v) is 5.32. The van der Waals surface area contributed by atoms with Crippen molar-refractivity contribution in [2.24, 2.45) is 5.73 Å². The number of aryl methyl sites for hydroxylation is 1. The SMILES string of the molecule is Cc1sc(Br)cc1S(=O)(=O)NCCCCN.Cl. The van der Waals surface area contributed by atoms with Crippen LogP contribution in [0.4, 0.5) is 0 Å². The molecule has 1 rings (SSSR count). The molecule has 0 atom stereocenters. The summed E-state index contributed by atoms with van der Waals surface area (Å²) in [5.74, 6) is 0. The van der Waals surface area contributed by atoms with Crippen molar-refractivity contribution < 1.29 is 8.42 Å². The van der Waals surface area contributed by atoms with Gasteiger partial charge in [0.05, 0.1) is 8.68 Å². The van der Waals surface area contributed by atoms with Crippen molar-refractivity contribution in [3.8, 4) is 0 Å². The predicted octanol–water partition coefficient (Wildman–Crippen LogP) is 2.26.